The molecule has 0 fully saturated rings. The van der Waals surface area contributed by atoms with Gasteiger partial charge in [-0.1, -0.05) is 0 Å². The SMILES string of the molecule is COC/C([NH-])=C\C#N.[Li+]. The van der Waals surface area contributed by atoms with Crippen molar-refractivity contribution in [3.8, 4) is 6.07 Å². The Hall–Kier alpha value is -0.413. The van der Waals surface area contributed by atoms with Gasteiger partial charge in [0.15, 0.2) is 0 Å². The first-order valence-electron chi connectivity index (χ1n) is 2.10. The Morgan fingerprint density at radius 2 is 2.44 bits per heavy atom. The van der Waals surface area contributed by atoms with Crippen molar-refractivity contribution in [2.75, 3.05) is 13.7 Å². The standard InChI is InChI=1S/C5H7N2O.Li/c1-8-4-5(7)2-3-6;/h2,7H,4H2,1H3;/q-1;+1/b5-2+;. The van der Waals surface area contributed by atoms with E-state index < -0.39 is 0 Å². The predicted octanol–water partition coefficient (Wildman–Crippen LogP) is -1.90. The molecule has 4 heteroatoms. The summed E-state index contributed by atoms with van der Waals surface area (Å²) in [7, 11) is 1.49. The van der Waals surface area contributed by atoms with Crippen molar-refractivity contribution in [1.29, 1.82) is 5.26 Å². The number of ether oxygens (including phenoxy) is 1. The smallest absolute Gasteiger partial charge is 0.700 e. The third-order valence-electron chi connectivity index (χ3n) is 0.539. The summed E-state index contributed by atoms with van der Waals surface area (Å²) in [5.74, 6) is 0. The molecule has 0 spiro atoms. The van der Waals surface area contributed by atoms with Crippen LogP contribution in [-0.2, 0) is 4.74 Å². The molecule has 0 bridgehead atoms. The van der Waals surface area contributed by atoms with Crippen molar-refractivity contribution in [1.82, 2.24) is 0 Å². The fourth-order valence-electron chi connectivity index (χ4n) is 0.275. The minimum absolute atomic E-state index is 0. The molecule has 0 aliphatic rings. The number of hydrogen-bond donors (Lipinski definition) is 0. The molecule has 0 aliphatic carbocycles. The van der Waals surface area contributed by atoms with Crippen LogP contribution < -0.4 is 18.9 Å². The van der Waals surface area contributed by atoms with Crippen LogP contribution in [0.5, 0.6) is 0 Å². The van der Waals surface area contributed by atoms with Gasteiger partial charge in [0, 0.05) is 7.11 Å². The number of methoxy groups -OCH3 is 1. The van der Waals surface area contributed by atoms with Crippen LogP contribution >= 0.6 is 0 Å². The minimum atomic E-state index is 0. The predicted molar refractivity (Wildman–Crippen MR) is 29.9 cm³/mol. The molecule has 0 saturated carbocycles. The first kappa shape index (κ1) is 11.4. The fraction of sp³-hybridized carbons (Fsp3) is 0.400. The van der Waals surface area contributed by atoms with E-state index in [1.54, 1.807) is 6.07 Å². The van der Waals surface area contributed by atoms with E-state index in [2.05, 4.69) is 4.74 Å². The van der Waals surface area contributed by atoms with Crippen molar-refractivity contribution in [3.05, 3.63) is 17.5 Å². The average molecular weight is 118 g/mol. The summed E-state index contributed by atoms with van der Waals surface area (Å²) >= 11 is 0. The maximum atomic E-state index is 7.96. The average Bonchev–Trinajstić information content (AvgIpc) is 1.68. The number of nitriles is 1. The van der Waals surface area contributed by atoms with Gasteiger partial charge in [-0.05, 0) is 6.08 Å². The van der Waals surface area contributed by atoms with E-state index in [-0.39, 0.29) is 31.2 Å². The monoisotopic (exact) mass is 118 g/mol. The van der Waals surface area contributed by atoms with Crippen LogP contribution in [0.1, 0.15) is 0 Å². The third-order valence-corrected chi connectivity index (χ3v) is 0.539. The Morgan fingerprint density at radius 3 is 2.78 bits per heavy atom. The van der Waals surface area contributed by atoms with Crippen LogP contribution in [0.4, 0.5) is 0 Å². The molecule has 0 unspecified atom stereocenters. The van der Waals surface area contributed by atoms with Gasteiger partial charge in [0.25, 0.3) is 0 Å². The van der Waals surface area contributed by atoms with Crippen LogP contribution in [0.15, 0.2) is 11.8 Å². The van der Waals surface area contributed by atoms with Crippen molar-refractivity contribution >= 4 is 0 Å². The summed E-state index contributed by atoms with van der Waals surface area (Å²) < 4.78 is 4.55. The second kappa shape index (κ2) is 7.59. The van der Waals surface area contributed by atoms with Gasteiger partial charge in [-0.15, -0.1) is 5.70 Å². The Balaban J connectivity index is 0. The van der Waals surface area contributed by atoms with E-state index in [0.717, 1.165) is 6.08 Å². The van der Waals surface area contributed by atoms with E-state index in [4.69, 9.17) is 11.0 Å². The second-order valence-electron chi connectivity index (χ2n) is 1.23. The van der Waals surface area contributed by atoms with Gasteiger partial charge in [0.05, 0.1) is 12.7 Å². The van der Waals surface area contributed by atoms with E-state index in [1.165, 1.54) is 7.11 Å². The number of nitrogens with one attached hydrogen (secondary N) is 1. The van der Waals surface area contributed by atoms with Gasteiger partial charge in [-0.2, -0.15) is 5.26 Å². The molecule has 0 rings (SSSR count). The Morgan fingerprint density at radius 1 is 1.89 bits per heavy atom. The molecule has 0 aromatic carbocycles. The maximum Gasteiger partial charge on any atom is 1.00 e. The van der Waals surface area contributed by atoms with Gasteiger partial charge in [0.1, 0.15) is 0 Å². The molecule has 0 atom stereocenters. The zero-order valence-corrected chi connectivity index (χ0v) is 5.64. The number of allylic oxidation sites excluding steroid dienone is 1. The summed E-state index contributed by atoms with van der Waals surface area (Å²) in [6.45, 7) is 0.216. The van der Waals surface area contributed by atoms with E-state index in [0.29, 0.717) is 0 Å². The molecule has 9 heavy (non-hydrogen) atoms. The quantitative estimate of drug-likeness (QED) is 0.314. The molecule has 0 amide bonds. The number of nitrogens with zero attached hydrogens (tertiary/aromatic N) is 1. The summed E-state index contributed by atoms with van der Waals surface area (Å²) in [4.78, 5) is 0. The van der Waals surface area contributed by atoms with Gasteiger partial charge in [-0.3, -0.25) is 0 Å². The topological polar surface area (TPSA) is 56.8 Å². The van der Waals surface area contributed by atoms with Crippen LogP contribution in [0.2, 0.25) is 0 Å². The van der Waals surface area contributed by atoms with Gasteiger partial charge in [-0.25, -0.2) is 0 Å². The van der Waals surface area contributed by atoms with Gasteiger partial charge < -0.3 is 10.5 Å². The normalized spacial score (nSPS) is 9.56. The molecule has 0 aromatic heterocycles. The molecule has 44 valence electrons. The molecule has 0 saturated heterocycles. The molecule has 0 heterocycles. The summed E-state index contributed by atoms with van der Waals surface area (Å²) in [5, 5.41) is 7.96. The Bertz CT molecular complexity index is 127. The van der Waals surface area contributed by atoms with Crippen molar-refractivity contribution in [2.24, 2.45) is 0 Å². The zero-order valence-electron chi connectivity index (χ0n) is 5.64. The molecule has 0 aromatic rings. The summed E-state index contributed by atoms with van der Waals surface area (Å²) in [6.07, 6.45) is 1.14. The number of hydrogen-bond acceptors (Lipinski definition) is 2. The Kier molecular flexibility index (Phi) is 9.60. The fourth-order valence-corrected chi connectivity index (χ4v) is 0.275. The van der Waals surface area contributed by atoms with Gasteiger partial charge >= 0.3 is 18.9 Å². The molecule has 3 nitrogen and oxygen atoms in total. The molecule has 0 radical (unpaired) electrons. The molecular formula is C5H7LiN2O. The maximum absolute atomic E-state index is 7.96. The third kappa shape index (κ3) is 7.59. The number of rotatable bonds is 2. The van der Waals surface area contributed by atoms with Crippen molar-refractivity contribution in [2.45, 2.75) is 0 Å². The van der Waals surface area contributed by atoms with Crippen LogP contribution in [-0.4, -0.2) is 13.7 Å². The van der Waals surface area contributed by atoms with Crippen molar-refractivity contribution in [3.63, 3.8) is 0 Å². The zero-order chi connectivity index (χ0) is 6.41. The van der Waals surface area contributed by atoms with E-state index >= 15 is 0 Å². The summed E-state index contributed by atoms with van der Waals surface area (Å²) in [5.41, 5.74) is 7.09. The molecule has 1 N–H and O–H groups in total. The molecular weight excluding hydrogens is 111 g/mol. The van der Waals surface area contributed by atoms with Crippen molar-refractivity contribution < 1.29 is 23.6 Å². The first-order chi connectivity index (χ1) is 3.81. The minimum Gasteiger partial charge on any atom is -0.700 e. The summed E-state index contributed by atoms with van der Waals surface area (Å²) in [6, 6.07) is 1.72. The van der Waals surface area contributed by atoms with Crippen LogP contribution in [0.25, 0.3) is 5.73 Å². The second-order valence-corrected chi connectivity index (χ2v) is 1.23. The Labute approximate surface area is 66.7 Å². The van der Waals surface area contributed by atoms with Crippen LogP contribution in [0, 0.1) is 11.3 Å². The van der Waals surface area contributed by atoms with E-state index in [9.17, 15) is 0 Å². The molecule has 0 aliphatic heterocycles. The van der Waals surface area contributed by atoms with Crippen LogP contribution in [0.3, 0.4) is 0 Å². The van der Waals surface area contributed by atoms with E-state index in [1.807, 2.05) is 0 Å². The first-order valence-corrected chi connectivity index (χ1v) is 2.10. The van der Waals surface area contributed by atoms with Gasteiger partial charge in [0.2, 0.25) is 0 Å². The largest absolute Gasteiger partial charge is 1.00 e.